The van der Waals surface area contributed by atoms with Crippen LogP contribution in [0.15, 0.2) is 65.5 Å². The molecule has 3 heterocycles. The van der Waals surface area contributed by atoms with Crippen molar-refractivity contribution < 1.29 is 19.1 Å². The molecule has 2 aliphatic rings. The number of hydrogen-bond donors (Lipinski definition) is 1. The summed E-state index contributed by atoms with van der Waals surface area (Å²) in [4.78, 5) is 55.1. The molecule has 9 heteroatoms. The van der Waals surface area contributed by atoms with Crippen molar-refractivity contribution in [2.75, 3.05) is 13.1 Å². The summed E-state index contributed by atoms with van der Waals surface area (Å²) < 4.78 is 5.31. The summed E-state index contributed by atoms with van der Waals surface area (Å²) in [5.41, 5.74) is 0.658. The molecule has 0 radical (unpaired) electrons. The largest absolute Gasteiger partial charge is 0.445 e. The van der Waals surface area contributed by atoms with Crippen LogP contribution < -0.4 is 10.3 Å². The number of amides is 2. The van der Waals surface area contributed by atoms with E-state index in [1.165, 1.54) is 0 Å². The van der Waals surface area contributed by atoms with E-state index in [9.17, 15) is 19.2 Å². The molecule has 1 atom stereocenters. The Balaban J connectivity index is 1.62. The van der Waals surface area contributed by atoms with Gasteiger partial charge in [0, 0.05) is 5.56 Å². The topological polar surface area (TPSA) is 101 Å². The van der Waals surface area contributed by atoms with Crippen LogP contribution in [0.4, 0.5) is 4.79 Å². The van der Waals surface area contributed by atoms with Gasteiger partial charge < -0.3 is 4.74 Å². The Kier molecular flexibility index (Phi) is 4.33. The lowest BCUT2D eigenvalue weighted by Gasteiger charge is -2.30. The Labute approximate surface area is 176 Å². The molecule has 0 aliphatic carbocycles. The van der Waals surface area contributed by atoms with Gasteiger partial charge in [-0.2, -0.15) is 0 Å². The van der Waals surface area contributed by atoms with Gasteiger partial charge in [0.25, 0.3) is 0 Å². The summed E-state index contributed by atoms with van der Waals surface area (Å²) in [5.74, 6) is -1.85. The zero-order valence-electron chi connectivity index (χ0n) is 16.5. The van der Waals surface area contributed by atoms with Gasteiger partial charge in [-0.15, -0.1) is 9.27 Å². The summed E-state index contributed by atoms with van der Waals surface area (Å²) >= 11 is 0. The Bertz CT molecular complexity index is 1250. The van der Waals surface area contributed by atoms with Crippen LogP contribution >= 0.6 is 0 Å². The third-order valence-electron chi connectivity index (χ3n) is 5.71. The fourth-order valence-electron chi connectivity index (χ4n) is 4.29. The molecule has 2 amide bonds. The lowest BCUT2D eigenvalue weighted by molar-refractivity contribution is 0.0424. The van der Waals surface area contributed by atoms with E-state index >= 15 is 0 Å². The van der Waals surface area contributed by atoms with Crippen LogP contribution in [0, 0.1) is 0 Å². The summed E-state index contributed by atoms with van der Waals surface area (Å²) in [5, 5.41) is 0. The molecule has 0 bridgehead atoms. The van der Waals surface area contributed by atoms with Crippen LogP contribution in [-0.2, 0) is 17.8 Å². The van der Waals surface area contributed by atoms with Gasteiger partial charge in [-0.25, -0.2) is 19.2 Å². The first-order valence-corrected chi connectivity index (χ1v) is 9.86. The van der Waals surface area contributed by atoms with Crippen molar-refractivity contribution in [3.8, 4) is 0 Å². The molecule has 1 saturated heterocycles. The summed E-state index contributed by atoms with van der Waals surface area (Å²) in [6.45, 7) is 1.16. The van der Waals surface area contributed by atoms with Gasteiger partial charge in [-0.1, -0.05) is 60.7 Å². The van der Waals surface area contributed by atoms with Gasteiger partial charge in [0.2, 0.25) is 5.69 Å². The average Bonchev–Trinajstić information content (AvgIpc) is 3.37. The van der Waals surface area contributed by atoms with Crippen LogP contribution in [0.1, 0.15) is 32.1 Å². The molecular weight excluding hydrogens is 400 g/mol. The Morgan fingerprint density at radius 1 is 0.871 bits per heavy atom. The van der Waals surface area contributed by atoms with Gasteiger partial charge in [-0.05, 0) is 5.56 Å². The first-order valence-electron chi connectivity index (χ1n) is 9.86. The number of benzene rings is 2. The molecule has 2 aliphatic heterocycles. The fraction of sp³-hybridized carbons (Fsp3) is 0.182. The molecule has 1 aromatic heterocycles. The van der Waals surface area contributed by atoms with Gasteiger partial charge in [0.1, 0.15) is 13.1 Å². The number of carbonyl (C=O) groups excluding carboxylic acids is 3. The highest BCUT2D eigenvalue weighted by atomic mass is 16.6. The molecule has 0 saturated carbocycles. The molecule has 31 heavy (non-hydrogen) atoms. The number of cyclic esters (lactones) is 2. The number of aromatic nitrogens is 2. The number of carbonyl (C=O) groups is 3. The molecule has 9 nitrogen and oxygen atoms in total. The minimum absolute atomic E-state index is 0.149. The van der Waals surface area contributed by atoms with Gasteiger partial charge in [-0.3, -0.25) is 9.88 Å². The number of hydrogen-bond acceptors (Lipinski definition) is 5. The molecule has 2 aromatic carbocycles. The second kappa shape index (κ2) is 7.06. The smallest absolute Gasteiger partial charge is 0.383 e. The van der Waals surface area contributed by atoms with Gasteiger partial charge >= 0.3 is 23.7 Å². The number of ether oxygens (including phenoxy) is 1. The average molecular weight is 419 g/mol. The quantitative estimate of drug-likeness (QED) is 0.386. The third kappa shape index (κ3) is 2.98. The lowest BCUT2D eigenvalue weighted by Crippen LogP contribution is -2.63. The maximum Gasteiger partial charge on any atom is 0.445 e. The van der Waals surface area contributed by atoms with E-state index in [1.807, 2.05) is 60.7 Å². The van der Waals surface area contributed by atoms with E-state index in [-0.39, 0.29) is 30.5 Å². The van der Waals surface area contributed by atoms with Crippen molar-refractivity contribution in [1.82, 2.24) is 19.2 Å². The number of nitrogens with zero attached hydrogens (tertiary/aromatic N) is 3. The summed E-state index contributed by atoms with van der Waals surface area (Å²) in [6.07, 6.45) is 0. The monoisotopic (exact) mass is 419 g/mol. The number of esters is 2. The van der Waals surface area contributed by atoms with Crippen LogP contribution in [0.5, 0.6) is 0 Å². The number of H-pyrrole nitrogens is 1. The zero-order valence-corrected chi connectivity index (χ0v) is 16.5. The number of quaternary nitrogens is 1. The van der Waals surface area contributed by atoms with E-state index in [0.717, 1.165) is 15.8 Å². The van der Waals surface area contributed by atoms with E-state index in [0.29, 0.717) is 13.1 Å². The highest BCUT2D eigenvalue weighted by molar-refractivity contribution is 6.12. The number of nitrogens with one attached hydrogen (secondary N) is 1. The van der Waals surface area contributed by atoms with E-state index in [1.54, 1.807) is 4.90 Å². The number of urea groups is 1. The summed E-state index contributed by atoms with van der Waals surface area (Å²) in [6, 6.07) is 18.5. The Hall–Kier alpha value is -3.98. The molecular formula is C22H19N4O5+. The third-order valence-corrected chi connectivity index (χ3v) is 5.71. The maximum absolute atomic E-state index is 13.8. The zero-order chi connectivity index (χ0) is 21.6. The van der Waals surface area contributed by atoms with E-state index < -0.39 is 22.2 Å². The first kappa shape index (κ1) is 19.0. The van der Waals surface area contributed by atoms with Crippen molar-refractivity contribution in [3.05, 3.63) is 93.7 Å². The predicted molar refractivity (Wildman–Crippen MR) is 110 cm³/mol. The second-order valence-electron chi connectivity index (χ2n) is 7.62. The molecule has 0 spiro atoms. The molecule has 1 N–H and O–H groups in total. The van der Waals surface area contributed by atoms with E-state index in [4.69, 9.17) is 0 Å². The van der Waals surface area contributed by atoms with E-state index in [2.05, 4.69) is 9.72 Å². The molecule has 1 fully saturated rings. The minimum Gasteiger partial charge on any atom is -0.383 e. The van der Waals surface area contributed by atoms with Crippen LogP contribution in [0.3, 0.4) is 0 Å². The Morgan fingerprint density at radius 2 is 1.52 bits per heavy atom. The van der Waals surface area contributed by atoms with Crippen LogP contribution in [0.25, 0.3) is 0 Å². The highest BCUT2D eigenvalue weighted by Crippen LogP contribution is 2.27. The normalized spacial score (nSPS) is 20.3. The van der Waals surface area contributed by atoms with Crippen molar-refractivity contribution in [2.45, 2.75) is 13.1 Å². The fourth-order valence-corrected chi connectivity index (χ4v) is 4.29. The van der Waals surface area contributed by atoms with Crippen molar-refractivity contribution in [1.29, 1.82) is 0 Å². The Morgan fingerprint density at radius 3 is 2.19 bits per heavy atom. The first-order chi connectivity index (χ1) is 15.0. The number of fused-ring (bicyclic) bond motifs is 1. The van der Waals surface area contributed by atoms with Crippen molar-refractivity contribution in [3.63, 3.8) is 0 Å². The maximum atomic E-state index is 13.8. The van der Waals surface area contributed by atoms with Crippen molar-refractivity contribution >= 4 is 18.0 Å². The molecule has 5 rings (SSSR count). The number of aromatic amines is 1. The lowest BCUT2D eigenvalue weighted by atomic mass is 10.2. The SMILES string of the molecule is O=C1OC(=O)c2c1[nH]c(=O)n2[N+]1(Cc2ccccc2)CCN(Cc2ccccc2)C1=O. The highest BCUT2D eigenvalue weighted by Gasteiger charge is 2.54. The van der Waals surface area contributed by atoms with Gasteiger partial charge in [0.05, 0.1) is 13.1 Å². The van der Waals surface area contributed by atoms with Crippen LogP contribution in [0.2, 0.25) is 0 Å². The number of rotatable bonds is 5. The van der Waals surface area contributed by atoms with Gasteiger partial charge in [0.15, 0.2) is 5.69 Å². The second-order valence-corrected chi connectivity index (χ2v) is 7.62. The van der Waals surface area contributed by atoms with Crippen LogP contribution in [-0.4, -0.2) is 45.6 Å². The standard InChI is InChI=1S/C22H18N4O5/c27-19-17-18(20(28)31-19)25(21(29)23-17)26(14-16-9-5-2-6-10-16)12-11-24(22(26)30)13-15-7-3-1-4-8-15/h1-10H,11-14H2/p+1. The summed E-state index contributed by atoms with van der Waals surface area (Å²) in [7, 11) is 0. The molecule has 3 aromatic rings. The molecule has 1 unspecified atom stereocenters. The predicted octanol–water partition coefficient (Wildman–Crippen LogP) is 1.76. The minimum atomic E-state index is -0.932. The van der Waals surface area contributed by atoms with Crippen molar-refractivity contribution in [2.24, 2.45) is 0 Å². The number of imidazole rings is 1. The molecule has 156 valence electrons.